The van der Waals surface area contributed by atoms with Crippen molar-refractivity contribution in [2.45, 2.75) is 60.7 Å². The summed E-state index contributed by atoms with van der Waals surface area (Å²) in [5, 5.41) is 19.8. The average molecular weight is 301 g/mol. The normalized spacial score (nSPS) is 19.7. The number of benzene rings is 1. The van der Waals surface area contributed by atoms with Crippen molar-refractivity contribution in [2.75, 3.05) is 0 Å². The van der Waals surface area contributed by atoms with Gasteiger partial charge in [-0.25, -0.2) is 0 Å². The van der Waals surface area contributed by atoms with E-state index in [1.807, 2.05) is 18.2 Å². The molecule has 0 aliphatic heterocycles. The van der Waals surface area contributed by atoms with Gasteiger partial charge in [-0.1, -0.05) is 18.2 Å². The largest absolute Gasteiger partial charge is 0.389 e. The number of rotatable bonds is 5. The summed E-state index contributed by atoms with van der Waals surface area (Å²) in [6.45, 7) is 1.81. The summed E-state index contributed by atoms with van der Waals surface area (Å²) in [5.41, 5.74) is 0.959. The van der Waals surface area contributed by atoms with Crippen LogP contribution in [0.4, 0.5) is 0 Å². The minimum absolute atomic E-state index is 0.464. The Morgan fingerprint density at radius 1 is 1.19 bits per heavy atom. The van der Waals surface area contributed by atoms with Crippen LogP contribution in [-0.2, 0) is 0 Å². The van der Waals surface area contributed by atoms with Crippen molar-refractivity contribution in [1.29, 1.82) is 0 Å². The van der Waals surface area contributed by atoms with Crippen molar-refractivity contribution < 1.29 is 5.11 Å². The molecule has 2 aliphatic carbocycles. The maximum absolute atomic E-state index is 9.92. The standard InChI is InChI=1S/C16H19N3OS/c1-10(20)13-4-2-3-5-14(13)21-16-18-17-15(11-6-7-11)19(16)12-8-9-12/h2-5,10-12,20H,6-9H2,1H3/t10-/m1/s1. The third kappa shape index (κ3) is 2.60. The summed E-state index contributed by atoms with van der Waals surface area (Å²) in [4.78, 5) is 1.07. The van der Waals surface area contributed by atoms with E-state index in [2.05, 4.69) is 20.8 Å². The first-order valence-electron chi connectivity index (χ1n) is 7.63. The number of aromatic nitrogens is 3. The minimum Gasteiger partial charge on any atom is -0.389 e. The molecule has 2 aliphatic rings. The molecule has 0 saturated heterocycles. The van der Waals surface area contributed by atoms with E-state index < -0.39 is 6.10 Å². The Kier molecular flexibility index (Phi) is 3.27. The molecule has 2 fully saturated rings. The van der Waals surface area contributed by atoms with Gasteiger partial charge in [0.05, 0.1) is 6.10 Å². The summed E-state index contributed by atoms with van der Waals surface area (Å²) in [5.74, 6) is 1.80. The van der Waals surface area contributed by atoms with Crippen molar-refractivity contribution in [2.24, 2.45) is 0 Å². The Hall–Kier alpha value is -1.33. The molecule has 0 radical (unpaired) electrons. The average Bonchev–Trinajstić information content (AvgIpc) is 3.39. The zero-order chi connectivity index (χ0) is 14.4. The third-order valence-corrected chi connectivity index (χ3v) is 5.17. The molecule has 0 unspecified atom stereocenters. The van der Waals surface area contributed by atoms with Crippen LogP contribution in [-0.4, -0.2) is 19.9 Å². The Morgan fingerprint density at radius 3 is 2.62 bits per heavy atom. The van der Waals surface area contributed by atoms with Crippen LogP contribution in [0.2, 0.25) is 0 Å². The van der Waals surface area contributed by atoms with Gasteiger partial charge in [0.2, 0.25) is 0 Å². The number of aliphatic hydroxyl groups is 1. The lowest BCUT2D eigenvalue weighted by Crippen LogP contribution is -2.02. The zero-order valence-corrected chi connectivity index (χ0v) is 12.9. The monoisotopic (exact) mass is 301 g/mol. The summed E-state index contributed by atoms with van der Waals surface area (Å²) in [6, 6.07) is 8.60. The van der Waals surface area contributed by atoms with E-state index in [1.165, 1.54) is 31.5 Å². The number of aliphatic hydroxyl groups excluding tert-OH is 1. The van der Waals surface area contributed by atoms with Gasteiger partial charge in [0, 0.05) is 16.9 Å². The zero-order valence-electron chi connectivity index (χ0n) is 12.1. The van der Waals surface area contributed by atoms with Crippen molar-refractivity contribution in [3.8, 4) is 0 Å². The number of hydrogen-bond acceptors (Lipinski definition) is 4. The Bertz CT molecular complexity index is 659. The van der Waals surface area contributed by atoms with E-state index in [0.717, 1.165) is 15.6 Å². The van der Waals surface area contributed by atoms with Crippen LogP contribution in [0.1, 0.15) is 62.1 Å². The van der Waals surface area contributed by atoms with Gasteiger partial charge in [-0.2, -0.15) is 0 Å². The van der Waals surface area contributed by atoms with Crippen molar-refractivity contribution in [1.82, 2.24) is 14.8 Å². The van der Waals surface area contributed by atoms with Gasteiger partial charge in [-0.3, -0.25) is 0 Å². The van der Waals surface area contributed by atoms with Gasteiger partial charge in [-0.15, -0.1) is 10.2 Å². The molecule has 1 aromatic carbocycles. The lowest BCUT2D eigenvalue weighted by Gasteiger charge is -2.12. The predicted molar refractivity (Wildman–Crippen MR) is 81.5 cm³/mol. The Morgan fingerprint density at radius 2 is 1.95 bits per heavy atom. The number of nitrogens with zero attached hydrogens (tertiary/aromatic N) is 3. The van der Waals surface area contributed by atoms with Gasteiger partial charge in [0.15, 0.2) is 5.16 Å². The van der Waals surface area contributed by atoms with E-state index in [-0.39, 0.29) is 0 Å². The Labute approximate surface area is 128 Å². The fourth-order valence-corrected chi connectivity index (χ4v) is 3.79. The van der Waals surface area contributed by atoms with Crippen molar-refractivity contribution in [3.05, 3.63) is 35.7 Å². The van der Waals surface area contributed by atoms with Crippen LogP contribution in [0.5, 0.6) is 0 Å². The highest BCUT2D eigenvalue weighted by molar-refractivity contribution is 7.99. The summed E-state index contributed by atoms with van der Waals surface area (Å²) in [6.07, 6.45) is 4.51. The van der Waals surface area contributed by atoms with Gasteiger partial charge in [0.1, 0.15) is 5.82 Å². The van der Waals surface area contributed by atoms with Crippen LogP contribution < -0.4 is 0 Å². The lowest BCUT2D eigenvalue weighted by atomic mass is 10.1. The fraction of sp³-hybridized carbons (Fsp3) is 0.500. The maximum Gasteiger partial charge on any atom is 0.196 e. The van der Waals surface area contributed by atoms with E-state index in [4.69, 9.17) is 0 Å². The van der Waals surface area contributed by atoms with Crippen LogP contribution in [0, 0.1) is 0 Å². The third-order valence-electron chi connectivity index (χ3n) is 4.12. The van der Waals surface area contributed by atoms with Gasteiger partial charge < -0.3 is 9.67 Å². The second-order valence-electron chi connectivity index (χ2n) is 6.03. The minimum atomic E-state index is -0.464. The van der Waals surface area contributed by atoms with Gasteiger partial charge in [-0.05, 0) is 56.0 Å². The van der Waals surface area contributed by atoms with Gasteiger partial charge >= 0.3 is 0 Å². The van der Waals surface area contributed by atoms with Gasteiger partial charge in [0.25, 0.3) is 0 Å². The molecule has 0 bridgehead atoms. The lowest BCUT2D eigenvalue weighted by molar-refractivity contribution is 0.196. The molecule has 1 atom stereocenters. The first-order valence-corrected chi connectivity index (χ1v) is 8.45. The van der Waals surface area contributed by atoms with Crippen LogP contribution in [0.15, 0.2) is 34.3 Å². The molecule has 4 rings (SSSR count). The molecule has 1 heterocycles. The highest BCUT2D eigenvalue weighted by atomic mass is 32.2. The quantitative estimate of drug-likeness (QED) is 0.915. The summed E-state index contributed by atoms with van der Waals surface area (Å²) >= 11 is 1.63. The molecular formula is C16H19N3OS. The first kappa shape index (κ1) is 13.3. The molecular weight excluding hydrogens is 282 g/mol. The predicted octanol–water partition coefficient (Wildman–Crippen LogP) is 3.69. The van der Waals surface area contributed by atoms with E-state index in [0.29, 0.717) is 12.0 Å². The van der Waals surface area contributed by atoms with E-state index in [9.17, 15) is 5.11 Å². The first-order chi connectivity index (χ1) is 10.2. The topological polar surface area (TPSA) is 50.9 Å². The van der Waals surface area contributed by atoms with Crippen molar-refractivity contribution in [3.63, 3.8) is 0 Å². The van der Waals surface area contributed by atoms with Crippen LogP contribution in [0.3, 0.4) is 0 Å². The van der Waals surface area contributed by atoms with Crippen LogP contribution in [0.25, 0.3) is 0 Å². The summed E-state index contributed by atoms with van der Waals surface area (Å²) in [7, 11) is 0. The molecule has 0 amide bonds. The molecule has 1 aromatic heterocycles. The molecule has 1 N–H and O–H groups in total. The second kappa shape index (κ2) is 5.14. The molecule has 21 heavy (non-hydrogen) atoms. The fourth-order valence-electron chi connectivity index (χ4n) is 2.67. The molecule has 4 nitrogen and oxygen atoms in total. The van der Waals surface area contributed by atoms with E-state index in [1.54, 1.807) is 18.7 Å². The highest BCUT2D eigenvalue weighted by Gasteiger charge is 2.36. The molecule has 2 saturated carbocycles. The SMILES string of the molecule is C[C@@H](O)c1ccccc1Sc1nnc(C2CC2)n1C1CC1. The molecule has 0 spiro atoms. The summed E-state index contributed by atoms with van der Waals surface area (Å²) < 4.78 is 2.35. The van der Waals surface area contributed by atoms with E-state index >= 15 is 0 Å². The number of hydrogen-bond donors (Lipinski definition) is 1. The van der Waals surface area contributed by atoms with Crippen molar-refractivity contribution >= 4 is 11.8 Å². The molecule has 110 valence electrons. The maximum atomic E-state index is 9.92. The Balaban J connectivity index is 1.68. The second-order valence-corrected chi connectivity index (χ2v) is 7.04. The molecule has 2 aromatic rings. The molecule has 5 heteroatoms. The smallest absolute Gasteiger partial charge is 0.196 e. The van der Waals surface area contributed by atoms with Crippen LogP contribution >= 0.6 is 11.8 Å². The highest BCUT2D eigenvalue weighted by Crippen LogP contribution is 2.47.